The van der Waals surface area contributed by atoms with Crippen LogP contribution in [0.1, 0.15) is 25.3 Å². The zero-order chi connectivity index (χ0) is 11.5. The van der Waals surface area contributed by atoms with Gasteiger partial charge >= 0.3 is 58.4 Å². The fourth-order valence-electron chi connectivity index (χ4n) is 1.15. The molecule has 0 spiro atoms. The van der Waals surface area contributed by atoms with Gasteiger partial charge in [0.25, 0.3) is 0 Å². The first-order valence-corrected chi connectivity index (χ1v) is 4.82. The fraction of sp³-hybridized carbons (Fsp3) is 0.400. The second-order valence-electron chi connectivity index (χ2n) is 3.75. The van der Waals surface area contributed by atoms with Crippen molar-refractivity contribution in [1.29, 1.82) is 0 Å². The van der Waals surface area contributed by atoms with Crippen LogP contribution in [0, 0.1) is 0 Å². The van der Waals surface area contributed by atoms with Crippen molar-refractivity contribution >= 4 is 6.98 Å². The summed E-state index contributed by atoms with van der Waals surface area (Å²) in [6, 6.07) is 6.75. The van der Waals surface area contributed by atoms with Gasteiger partial charge in [0.1, 0.15) is 5.75 Å². The van der Waals surface area contributed by atoms with Crippen molar-refractivity contribution in [2.75, 3.05) is 6.51 Å². The molecule has 0 bridgehead atoms. The van der Waals surface area contributed by atoms with E-state index in [0.717, 1.165) is 5.56 Å². The minimum atomic E-state index is -4.88. The molecular weight excluding hydrogens is 243 g/mol. The normalized spacial score (nSPS) is 11.1. The van der Waals surface area contributed by atoms with Gasteiger partial charge in [-0.05, 0) is 23.6 Å². The molecule has 0 N–H and O–H groups in total. The second kappa shape index (κ2) is 7.06. The summed E-state index contributed by atoms with van der Waals surface area (Å²) in [4.78, 5) is 0. The molecule has 1 aromatic rings. The van der Waals surface area contributed by atoms with E-state index in [0.29, 0.717) is 0 Å². The molecule has 0 saturated heterocycles. The van der Waals surface area contributed by atoms with Crippen molar-refractivity contribution in [3.8, 4) is 5.75 Å². The van der Waals surface area contributed by atoms with Crippen molar-refractivity contribution < 1.29 is 69.1 Å². The predicted octanol–water partition coefficient (Wildman–Crippen LogP) is 0.579. The number of ether oxygens (including phenoxy) is 1. The molecule has 6 heteroatoms. The standard InChI is InChI=1S/C10H13BF3O.K/c1-8(2)9-4-3-5-10(6-9)15-7-11(12,13)14;/h3-6,8H,7H2,1-2H3;/q-1;+1. The maximum atomic E-state index is 11.9. The third kappa shape index (κ3) is 6.30. The molecule has 0 aliphatic rings. The average molecular weight is 256 g/mol. The zero-order valence-electron chi connectivity index (χ0n) is 9.71. The van der Waals surface area contributed by atoms with Crippen LogP contribution in [0.2, 0.25) is 0 Å². The Morgan fingerprint density at radius 3 is 2.38 bits per heavy atom. The van der Waals surface area contributed by atoms with Crippen molar-refractivity contribution in [2.45, 2.75) is 19.8 Å². The van der Waals surface area contributed by atoms with E-state index in [1.165, 1.54) is 6.07 Å². The molecule has 0 heterocycles. The topological polar surface area (TPSA) is 9.23 Å². The van der Waals surface area contributed by atoms with Gasteiger partial charge < -0.3 is 17.7 Å². The summed E-state index contributed by atoms with van der Waals surface area (Å²) >= 11 is 0. The van der Waals surface area contributed by atoms with Crippen molar-refractivity contribution in [1.82, 2.24) is 0 Å². The third-order valence-electron chi connectivity index (χ3n) is 1.96. The van der Waals surface area contributed by atoms with Gasteiger partial charge in [0.2, 0.25) is 0 Å². The first-order valence-electron chi connectivity index (χ1n) is 4.82. The van der Waals surface area contributed by atoms with Crippen molar-refractivity contribution in [2.24, 2.45) is 0 Å². The first-order chi connectivity index (χ1) is 6.88. The summed E-state index contributed by atoms with van der Waals surface area (Å²) in [5.41, 5.74) is 0.974. The van der Waals surface area contributed by atoms with Crippen LogP contribution in [-0.2, 0) is 0 Å². The van der Waals surface area contributed by atoms with Crippen LogP contribution >= 0.6 is 0 Å². The van der Waals surface area contributed by atoms with Gasteiger partial charge in [0, 0.05) is 0 Å². The Bertz CT molecular complexity index is 328. The summed E-state index contributed by atoms with van der Waals surface area (Å²) in [5.74, 6) is 0.561. The molecule has 1 nitrogen and oxygen atoms in total. The Kier molecular flexibility index (Phi) is 7.28. The van der Waals surface area contributed by atoms with E-state index in [4.69, 9.17) is 0 Å². The van der Waals surface area contributed by atoms with E-state index >= 15 is 0 Å². The molecule has 0 aromatic heterocycles. The van der Waals surface area contributed by atoms with E-state index in [2.05, 4.69) is 4.74 Å². The van der Waals surface area contributed by atoms with E-state index < -0.39 is 13.5 Å². The van der Waals surface area contributed by atoms with Gasteiger partial charge in [-0.1, -0.05) is 26.0 Å². The Labute approximate surface area is 136 Å². The van der Waals surface area contributed by atoms with E-state index in [1.807, 2.05) is 19.9 Å². The SMILES string of the molecule is CC(C)c1cccc(OC[B-](F)(F)F)c1.[K+]. The molecule has 0 fully saturated rings. The van der Waals surface area contributed by atoms with Gasteiger partial charge in [-0.3, -0.25) is 0 Å². The molecule has 0 saturated carbocycles. The summed E-state index contributed by atoms with van der Waals surface area (Å²) in [5, 5.41) is 0. The first kappa shape index (κ1) is 16.5. The van der Waals surface area contributed by atoms with Gasteiger partial charge in [-0.15, -0.1) is 0 Å². The molecule has 1 aromatic carbocycles. The van der Waals surface area contributed by atoms with Crippen LogP contribution in [0.15, 0.2) is 24.3 Å². The van der Waals surface area contributed by atoms with Crippen molar-refractivity contribution in [3.63, 3.8) is 0 Å². The summed E-state index contributed by atoms with van der Waals surface area (Å²) in [6.45, 7) is -2.10. The molecule has 0 radical (unpaired) electrons. The summed E-state index contributed by atoms with van der Waals surface area (Å²) in [7, 11) is 0. The third-order valence-corrected chi connectivity index (χ3v) is 1.96. The smallest absolute Gasteiger partial charge is 0.522 e. The van der Waals surface area contributed by atoms with E-state index in [-0.39, 0.29) is 63.1 Å². The Morgan fingerprint density at radius 1 is 1.25 bits per heavy atom. The number of hydrogen-bond acceptors (Lipinski definition) is 1. The molecule has 0 atom stereocenters. The quantitative estimate of drug-likeness (QED) is 0.716. The van der Waals surface area contributed by atoms with Crippen LogP contribution in [-0.4, -0.2) is 13.5 Å². The Morgan fingerprint density at radius 2 is 1.88 bits per heavy atom. The van der Waals surface area contributed by atoms with Crippen LogP contribution in [0.5, 0.6) is 5.75 Å². The van der Waals surface area contributed by atoms with Crippen LogP contribution in [0.25, 0.3) is 0 Å². The number of hydrogen-bond donors (Lipinski definition) is 0. The molecule has 1 rings (SSSR count). The Balaban J connectivity index is 0.00000225. The van der Waals surface area contributed by atoms with E-state index in [1.54, 1.807) is 12.1 Å². The molecule has 0 aliphatic carbocycles. The molecule has 0 unspecified atom stereocenters. The minimum absolute atomic E-state index is 0. The summed E-state index contributed by atoms with van der Waals surface area (Å²) < 4.78 is 40.5. The number of rotatable bonds is 4. The van der Waals surface area contributed by atoms with Crippen LogP contribution < -0.4 is 56.1 Å². The van der Waals surface area contributed by atoms with Gasteiger partial charge in [-0.25, -0.2) is 0 Å². The van der Waals surface area contributed by atoms with Gasteiger partial charge in [0.15, 0.2) is 0 Å². The largest absolute Gasteiger partial charge is 1.00 e. The average Bonchev–Trinajstić information content (AvgIpc) is 2.14. The molecule has 0 amide bonds. The molecular formula is C10H13BF3KO. The Hall–Kier alpha value is 0.511. The molecule has 0 aliphatic heterocycles. The fourth-order valence-corrected chi connectivity index (χ4v) is 1.15. The maximum Gasteiger partial charge on any atom is 1.00 e. The zero-order valence-corrected chi connectivity index (χ0v) is 12.8. The van der Waals surface area contributed by atoms with Gasteiger partial charge in [0.05, 0.1) is 6.51 Å². The monoisotopic (exact) mass is 256 g/mol. The van der Waals surface area contributed by atoms with Gasteiger partial charge in [-0.2, -0.15) is 0 Å². The molecule has 84 valence electrons. The number of benzene rings is 1. The minimum Gasteiger partial charge on any atom is -0.522 e. The maximum absolute atomic E-state index is 11.9. The van der Waals surface area contributed by atoms with Crippen LogP contribution in [0.3, 0.4) is 0 Å². The van der Waals surface area contributed by atoms with Crippen molar-refractivity contribution in [3.05, 3.63) is 29.8 Å². The number of halogens is 3. The summed E-state index contributed by atoms with van der Waals surface area (Å²) in [6.07, 6.45) is 0. The van der Waals surface area contributed by atoms with Crippen LogP contribution in [0.4, 0.5) is 12.9 Å². The van der Waals surface area contributed by atoms with E-state index in [9.17, 15) is 12.9 Å². The molecule has 16 heavy (non-hydrogen) atoms. The predicted molar refractivity (Wildman–Crippen MR) is 55.1 cm³/mol. The second-order valence-corrected chi connectivity index (χ2v) is 3.75.